The highest BCUT2D eigenvalue weighted by molar-refractivity contribution is 5.66. The number of hydrogen-bond donors (Lipinski definition) is 0. The summed E-state index contributed by atoms with van der Waals surface area (Å²) in [5, 5.41) is 0. The van der Waals surface area contributed by atoms with Crippen molar-refractivity contribution in [2.75, 3.05) is 13.1 Å². The molecule has 2 aromatic rings. The summed E-state index contributed by atoms with van der Waals surface area (Å²) >= 11 is 0. The first-order chi connectivity index (χ1) is 11.4. The second kappa shape index (κ2) is 6.40. The molecule has 0 fully saturated rings. The quantitative estimate of drug-likeness (QED) is 0.560. The summed E-state index contributed by atoms with van der Waals surface area (Å²) in [4.78, 5) is 2.20. The Morgan fingerprint density at radius 3 is 2.42 bits per heavy atom. The Hall–Kier alpha value is -2.14. The molecule has 0 aromatic heterocycles. The second-order valence-corrected chi connectivity index (χ2v) is 5.95. The van der Waals surface area contributed by atoms with Crippen LogP contribution in [0.5, 0.6) is 0 Å². The van der Waals surface area contributed by atoms with Crippen LogP contribution in [0.1, 0.15) is 16.7 Å². The summed E-state index contributed by atoms with van der Waals surface area (Å²) in [5.74, 6) is -0.398. The third-order valence-electron chi connectivity index (χ3n) is 4.29. The average Bonchev–Trinajstić information content (AvgIpc) is 2.54. The molecule has 1 aliphatic rings. The minimum absolute atomic E-state index is 0.336. The van der Waals surface area contributed by atoms with Crippen molar-refractivity contribution < 1.29 is 17.6 Å². The fourth-order valence-electron chi connectivity index (χ4n) is 3.04. The molecule has 0 spiro atoms. The first-order valence-corrected chi connectivity index (χ1v) is 7.70. The number of benzene rings is 2. The van der Waals surface area contributed by atoms with Crippen LogP contribution in [0.3, 0.4) is 0 Å². The largest absolute Gasteiger partial charge is 0.416 e. The monoisotopic (exact) mass is 335 g/mol. The third-order valence-corrected chi connectivity index (χ3v) is 4.29. The molecule has 0 unspecified atom stereocenters. The lowest BCUT2D eigenvalue weighted by Gasteiger charge is -2.28. The fourth-order valence-corrected chi connectivity index (χ4v) is 3.04. The standard InChI is InChI=1S/C19H17F4N/c1-2-8-24-9-7-14-11-18(20)17(10-15(14)12-24)13-3-5-16(6-4-13)19(21,22)23/h2-6,10-11H,1,7-9,12H2. The Labute approximate surface area is 138 Å². The van der Waals surface area contributed by atoms with Gasteiger partial charge in [-0.15, -0.1) is 6.58 Å². The highest BCUT2D eigenvalue weighted by Crippen LogP contribution is 2.33. The maximum Gasteiger partial charge on any atom is 0.416 e. The van der Waals surface area contributed by atoms with E-state index in [2.05, 4.69) is 11.5 Å². The van der Waals surface area contributed by atoms with Gasteiger partial charge in [0.2, 0.25) is 0 Å². The lowest BCUT2D eigenvalue weighted by molar-refractivity contribution is -0.137. The van der Waals surface area contributed by atoms with Crippen LogP contribution in [-0.4, -0.2) is 18.0 Å². The Morgan fingerprint density at radius 2 is 1.79 bits per heavy atom. The van der Waals surface area contributed by atoms with E-state index in [1.807, 2.05) is 6.08 Å². The molecule has 3 rings (SSSR count). The molecule has 126 valence electrons. The zero-order valence-electron chi connectivity index (χ0n) is 13.0. The topological polar surface area (TPSA) is 3.24 Å². The van der Waals surface area contributed by atoms with Gasteiger partial charge in [-0.1, -0.05) is 18.2 Å². The summed E-state index contributed by atoms with van der Waals surface area (Å²) < 4.78 is 52.4. The van der Waals surface area contributed by atoms with Gasteiger partial charge in [0.25, 0.3) is 0 Å². The average molecular weight is 335 g/mol. The van der Waals surface area contributed by atoms with E-state index < -0.39 is 17.6 Å². The number of nitrogens with zero attached hydrogens (tertiary/aromatic N) is 1. The first-order valence-electron chi connectivity index (χ1n) is 7.70. The highest BCUT2D eigenvalue weighted by atomic mass is 19.4. The smallest absolute Gasteiger partial charge is 0.295 e. The minimum atomic E-state index is -4.39. The first kappa shape index (κ1) is 16.7. The maximum absolute atomic E-state index is 14.4. The number of alkyl halides is 3. The van der Waals surface area contributed by atoms with Crippen molar-refractivity contribution in [3.63, 3.8) is 0 Å². The van der Waals surface area contributed by atoms with Gasteiger partial charge in [-0.25, -0.2) is 4.39 Å². The lowest BCUT2D eigenvalue weighted by atomic mass is 9.93. The molecule has 0 amide bonds. The van der Waals surface area contributed by atoms with Crippen molar-refractivity contribution in [1.82, 2.24) is 4.90 Å². The van der Waals surface area contributed by atoms with Gasteiger partial charge in [-0.05, 0) is 47.4 Å². The SMILES string of the molecule is C=CCN1CCc2cc(F)c(-c3ccc(C(F)(F)F)cc3)cc2C1. The van der Waals surface area contributed by atoms with Crippen molar-refractivity contribution in [1.29, 1.82) is 0 Å². The minimum Gasteiger partial charge on any atom is -0.295 e. The van der Waals surface area contributed by atoms with Crippen LogP contribution in [0.2, 0.25) is 0 Å². The van der Waals surface area contributed by atoms with Gasteiger partial charge in [-0.3, -0.25) is 4.90 Å². The normalized spacial score (nSPS) is 15.2. The lowest BCUT2D eigenvalue weighted by Crippen LogP contribution is -2.30. The molecule has 24 heavy (non-hydrogen) atoms. The molecule has 0 saturated heterocycles. The summed E-state index contributed by atoms with van der Waals surface area (Å²) in [6.45, 7) is 6.02. The van der Waals surface area contributed by atoms with Crippen molar-refractivity contribution in [3.05, 3.63) is 71.6 Å². The van der Waals surface area contributed by atoms with Crippen molar-refractivity contribution in [2.45, 2.75) is 19.1 Å². The van der Waals surface area contributed by atoms with Gasteiger partial charge in [0.05, 0.1) is 5.56 Å². The summed E-state index contributed by atoms with van der Waals surface area (Å²) in [6.07, 6.45) is -1.81. The summed E-state index contributed by atoms with van der Waals surface area (Å²) in [7, 11) is 0. The van der Waals surface area contributed by atoms with E-state index in [1.54, 1.807) is 6.07 Å². The molecule has 5 heteroatoms. The molecule has 1 heterocycles. The molecular weight excluding hydrogens is 318 g/mol. The maximum atomic E-state index is 14.4. The van der Waals surface area contributed by atoms with Gasteiger partial charge < -0.3 is 0 Å². The van der Waals surface area contributed by atoms with Gasteiger partial charge >= 0.3 is 6.18 Å². The molecule has 1 nitrogen and oxygen atoms in total. The molecule has 0 atom stereocenters. The zero-order valence-corrected chi connectivity index (χ0v) is 13.0. The molecule has 0 radical (unpaired) electrons. The number of fused-ring (bicyclic) bond motifs is 1. The highest BCUT2D eigenvalue weighted by Gasteiger charge is 2.30. The van der Waals surface area contributed by atoms with Crippen LogP contribution in [0.25, 0.3) is 11.1 Å². The molecular formula is C19H17F4N. The van der Waals surface area contributed by atoms with Gasteiger partial charge in [-0.2, -0.15) is 13.2 Å². The molecule has 0 N–H and O–H groups in total. The fraction of sp³-hybridized carbons (Fsp3) is 0.263. The van der Waals surface area contributed by atoms with Crippen LogP contribution >= 0.6 is 0 Å². The third kappa shape index (κ3) is 3.36. The predicted octanol–water partition coefficient (Wildman–Crippen LogP) is 5.06. The van der Waals surface area contributed by atoms with Crippen molar-refractivity contribution in [3.8, 4) is 11.1 Å². The number of halogens is 4. The van der Waals surface area contributed by atoms with Crippen LogP contribution in [0, 0.1) is 5.82 Å². The summed E-state index contributed by atoms with van der Waals surface area (Å²) in [5.41, 5.74) is 2.02. The van der Waals surface area contributed by atoms with E-state index in [4.69, 9.17) is 0 Å². The van der Waals surface area contributed by atoms with Crippen LogP contribution in [0.15, 0.2) is 49.1 Å². The molecule has 0 saturated carbocycles. The van der Waals surface area contributed by atoms with E-state index in [0.717, 1.165) is 42.8 Å². The van der Waals surface area contributed by atoms with Crippen LogP contribution < -0.4 is 0 Å². The van der Waals surface area contributed by atoms with Gasteiger partial charge in [0.1, 0.15) is 5.82 Å². The zero-order chi connectivity index (χ0) is 17.3. The Kier molecular flexibility index (Phi) is 4.45. The molecule has 1 aliphatic heterocycles. The van der Waals surface area contributed by atoms with E-state index in [1.165, 1.54) is 18.2 Å². The molecule has 0 bridgehead atoms. The predicted molar refractivity (Wildman–Crippen MR) is 86.0 cm³/mol. The molecule has 2 aromatic carbocycles. The van der Waals surface area contributed by atoms with Gasteiger partial charge in [0, 0.05) is 25.2 Å². The van der Waals surface area contributed by atoms with E-state index in [0.29, 0.717) is 17.7 Å². The van der Waals surface area contributed by atoms with Crippen molar-refractivity contribution >= 4 is 0 Å². The Morgan fingerprint density at radius 1 is 1.08 bits per heavy atom. The van der Waals surface area contributed by atoms with Crippen LogP contribution in [0.4, 0.5) is 17.6 Å². The Balaban J connectivity index is 1.94. The summed E-state index contributed by atoms with van der Waals surface area (Å²) in [6, 6.07) is 7.86. The number of hydrogen-bond acceptors (Lipinski definition) is 1. The van der Waals surface area contributed by atoms with E-state index in [9.17, 15) is 17.6 Å². The number of rotatable bonds is 3. The van der Waals surface area contributed by atoms with Crippen LogP contribution in [-0.2, 0) is 19.1 Å². The second-order valence-electron chi connectivity index (χ2n) is 5.95. The van der Waals surface area contributed by atoms with Crippen molar-refractivity contribution in [2.24, 2.45) is 0 Å². The van der Waals surface area contributed by atoms with Gasteiger partial charge in [0.15, 0.2) is 0 Å². The Bertz CT molecular complexity index is 747. The van der Waals surface area contributed by atoms with E-state index >= 15 is 0 Å². The molecule has 0 aliphatic carbocycles. The van der Waals surface area contributed by atoms with E-state index in [-0.39, 0.29) is 0 Å².